The highest BCUT2D eigenvalue weighted by molar-refractivity contribution is 5.89. The Bertz CT molecular complexity index is 892. The van der Waals surface area contributed by atoms with Gasteiger partial charge in [-0.1, -0.05) is 0 Å². The maximum atomic E-state index is 13.4. The fourth-order valence-corrected chi connectivity index (χ4v) is 2.45. The molecule has 1 unspecified atom stereocenters. The molecule has 0 aliphatic rings. The van der Waals surface area contributed by atoms with E-state index in [1.54, 1.807) is 19.1 Å². The summed E-state index contributed by atoms with van der Waals surface area (Å²) in [6.07, 6.45) is -3.74. The molecule has 1 aromatic heterocycles. The number of nitriles is 1. The molecule has 9 heteroatoms. The predicted octanol–water partition coefficient (Wildman–Crippen LogP) is 3.94. The zero-order chi connectivity index (χ0) is 20.2. The molecule has 0 fully saturated rings. The van der Waals surface area contributed by atoms with E-state index in [0.29, 0.717) is 22.9 Å². The maximum Gasteiger partial charge on any atom is 0.419 e. The van der Waals surface area contributed by atoms with E-state index >= 15 is 0 Å². The lowest BCUT2D eigenvalue weighted by Gasteiger charge is -2.21. The highest BCUT2D eigenvalue weighted by atomic mass is 19.4. The molecule has 0 bridgehead atoms. The van der Waals surface area contributed by atoms with Crippen LogP contribution in [0.3, 0.4) is 0 Å². The van der Waals surface area contributed by atoms with Crippen LogP contribution in [0.25, 0.3) is 0 Å². The molecule has 142 valence electrons. The van der Waals surface area contributed by atoms with E-state index in [9.17, 15) is 18.0 Å². The summed E-state index contributed by atoms with van der Waals surface area (Å²) in [5, 5.41) is 11.7. The van der Waals surface area contributed by atoms with Gasteiger partial charge in [-0.15, -0.1) is 0 Å². The van der Waals surface area contributed by atoms with Crippen LogP contribution in [0.15, 0.2) is 30.5 Å². The van der Waals surface area contributed by atoms with Gasteiger partial charge in [-0.3, -0.25) is 0 Å². The average molecular weight is 379 g/mol. The van der Waals surface area contributed by atoms with Crippen molar-refractivity contribution in [3.05, 3.63) is 52.7 Å². The van der Waals surface area contributed by atoms with Crippen molar-refractivity contribution in [1.29, 1.82) is 5.26 Å². The van der Waals surface area contributed by atoms with Gasteiger partial charge in [0.25, 0.3) is 0 Å². The van der Waals surface area contributed by atoms with Crippen LogP contribution in [0.2, 0.25) is 0 Å². The van der Waals surface area contributed by atoms with Gasteiger partial charge in [-0.2, -0.15) is 18.4 Å². The highest BCUT2D eigenvalue weighted by Gasteiger charge is 2.36. The number of nitrogens with zero attached hydrogens (tertiary/aromatic N) is 2. The van der Waals surface area contributed by atoms with Gasteiger partial charge in [-0.05, 0) is 31.2 Å². The van der Waals surface area contributed by atoms with Crippen LogP contribution in [-0.4, -0.2) is 25.2 Å². The fourth-order valence-electron chi connectivity index (χ4n) is 2.45. The van der Waals surface area contributed by atoms with E-state index in [4.69, 9.17) is 10.00 Å². The number of hydrogen-bond acceptors (Lipinski definition) is 6. The quantitative estimate of drug-likeness (QED) is 0.792. The van der Waals surface area contributed by atoms with Gasteiger partial charge in [-0.25, -0.2) is 9.78 Å². The van der Waals surface area contributed by atoms with Gasteiger partial charge < -0.3 is 14.8 Å². The summed E-state index contributed by atoms with van der Waals surface area (Å²) < 4.78 is 49.9. The zero-order valence-electron chi connectivity index (χ0n) is 14.7. The second-order valence-corrected chi connectivity index (χ2v) is 5.54. The Balaban J connectivity index is 2.45. The van der Waals surface area contributed by atoms with Crippen LogP contribution < -0.4 is 10.1 Å². The lowest BCUT2D eigenvalue weighted by molar-refractivity contribution is -0.137. The number of carbonyl (C=O) groups excluding carboxylic acids is 1. The number of halogens is 3. The molecule has 0 amide bonds. The lowest BCUT2D eigenvalue weighted by Crippen LogP contribution is -2.17. The smallest absolute Gasteiger partial charge is 0.419 e. The third-order valence-electron chi connectivity index (χ3n) is 3.79. The van der Waals surface area contributed by atoms with Crippen LogP contribution in [0.5, 0.6) is 5.75 Å². The van der Waals surface area contributed by atoms with Crippen molar-refractivity contribution in [2.45, 2.75) is 19.1 Å². The van der Waals surface area contributed by atoms with E-state index in [2.05, 4.69) is 15.0 Å². The predicted molar refractivity (Wildman–Crippen MR) is 90.3 cm³/mol. The summed E-state index contributed by atoms with van der Waals surface area (Å²) in [7, 11) is 2.49. The van der Waals surface area contributed by atoms with Gasteiger partial charge in [0.1, 0.15) is 11.6 Å². The Kier molecular flexibility index (Phi) is 5.90. The summed E-state index contributed by atoms with van der Waals surface area (Å²) in [6.45, 7) is 1.61. The van der Waals surface area contributed by atoms with Crippen molar-refractivity contribution < 1.29 is 27.4 Å². The number of nitrogens with one attached hydrogen (secondary N) is 1. The second-order valence-electron chi connectivity index (χ2n) is 5.54. The first-order chi connectivity index (χ1) is 12.7. The minimum Gasteiger partial charge on any atom is -0.496 e. The number of rotatable bonds is 5. The van der Waals surface area contributed by atoms with Crippen molar-refractivity contribution in [3.63, 3.8) is 0 Å². The van der Waals surface area contributed by atoms with Crippen molar-refractivity contribution in [2.24, 2.45) is 0 Å². The zero-order valence-corrected chi connectivity index (χ0v) is 14.7. The minimum atomic E-state index is -4.74. The summed E-state index contributed by atoms with van der Waals surface area (Å²) in [6, 6.07) is 6.61. The summed E-state index contributed by atoms with van der Waals surface area (Å²) in [4.78, 5) is 15.2. The monoisotopic (exact) mass is 379 g/mol. The summed E-state index contributed by atoms with van der Waals surface area (Å²) in [5.41, 5.74) is -0.590. The van der Waals surface area contributed by atoms with E-state index in [1.807, 2.05) is 6.07 Å². The molecule has 0 aliphatic heterocycles. The number of hydrogen-bond donors (Lipinski definition) is 1. The number of benzene rings is 1. The van der Waals surface area contributed by atoms with Gasteiger partial charge in [0.15, 0.2) is 0 Å². The molecule has 2 aromatic rings. The van der Waals surface area contributed by atoms with Crippen molar-refractivity contribution in [2.75, 3.05) is 19.5 Å². The molecular weight excluding hydrogens is 363 g/mol. The second kappa shape index (κ2) is 7.95. The van der Waals surface area contributed by atoms with Crippen molar-refractivity contribution in [1.82, 2.24) is 4.98 Å². The Morgan fingerprint density at radius 1 is 1.30 bits per heavy atom. The number of pyridine rings is 1. The Morgan fingerprint density at radius 2 is 2.00 bits per heavy atom. The number of carbonyl (C=O) groups is 1. The number of anilines is 1. The number of methoxy groups -OCH3 is 2. The molecule has 0 spiro atoms. The number of alkyl halides is 3. The number of ether oxygens (including phenoxy) is 2. The Morgan fingerprint density at radius 3 is 2.56 bits per heavy atom. The van der Waals surface area contributed by atoms with Gasteiger partial charge in [0.05, 0.1) is 43.0 Å². The first-order valence-electron chi connectivity index (χ1n) is 7.71. The van der Waals surface area contributed by atoms with Crippen molar-refractivity contribution in [3.8, 4) is 11.8 Å². The van der Waals surface area contributed by atoms with E-state index in [-0.39, 0.29) is 5.56 Å². The Labute approximate surface area is 153 Å². The average Bonchev–Trinajstić information content (AvgIpc) is 2.66. The SMILES string of the molecule is COC(=O)c1cnc(NC(C)c2cc(C#N)ccc2OC)c(C(F)(F)F)c1. The Hall–Kier alpha value is -3.28. The maximum absolute atomic E-state index is 13.4. The molecule has 6 nitrogen and oxygen atoms in total. The van der Waals surface area contributed by atoms with Crippen LogP contribution in [0, 0.1) is 11.3 Å². The van der Waals surface area contributed by atoms with Crippen LogP contribution in [-0.2, 0) is 10.9 Å². The molecule has 1 heterocycles. The van der Waals surface area contributed by atoms with Crippen molar-refractivity contribution >= 4 is 11.8 Å². The van der Waals surface area contributed by atoms with Crippen LogP contribution in [0.1, 0.15) is 40.0 Å². The molecule has 1 atom stereocenters. The lowest BCUT2D eigenvalue weighted by atomic mass is 10.0. The highest BCUT2D eigenvalue weighted by Crippen LogP contribution is 2.36. The fraction of sp³-hybridized carbons (Fsp3) is 0.278. The normalized spacial score (nSPS) is 12.0. The third kappa shape index (κ3) is 4.47. The molecule has 1 N–H and O–H groups in total. The molecule has 0 saturated carbocycles. The summed E-state index contributed by atoms with van der Waals surface area (Å²) >= 11 is 0. The first-order valence-corrected chi connectivity index (χ1v) is 7.71. The molecule has 0 aliphatic carbocycles. The molecule has 0 saturated heterocycles. The molecule has 27 heavy (non-hydrogen) atoms. The van der Waals surface area contributed by atoms with E-state index < -0.39 is 29.6 Å². The first kappa shape index (κ1) is 20.0. The van der Waals surface area contributed by atoms with Crippen LogP contribution >= 0.6 is 0 Å². The topological polar surface area (TPSA) is 84.2 Å². The van der Waals surface area contributed by atoms with Gasteiger partial charge >= 0.3 is 12.1 Å². The summed E-state index contributed by atoms with van der Waals surface area (Å²) in [5.74, 6) is -0.961. The van der Waals surface area contributed by atoms with Crippen LogP contribution in [0.4, 0.5) is 19.0 Å². The molecule has 2 rings (SSSR count). The van der Waals surface area contributed by atoms with E-state index in [1.165, 1.54) is 13.2 Å². The molecule has 1 aromatic carbocycles. The third-order valence-corrected chi connectivity index (χ3v) is 3.79. The standard InChI is InChI=1S/C18H16F3N3O3/c1-10(13-6-11(8-22)4-5-15(13)26-2)24-16-14(18(19,20)21)7-12(9-23-16)17(25)27-3/h4-7,9-10H,1-3H3,(H,23,24). The molecular formula is C18H16F3N3O3. The van der Waals surface area contributed by atoms with Gasteiger partial charge in [0.2, 0.25) is 0 Å². The van der Waals surface area contributed by atoms with E-state index in [0.717, 1.165) is 13.3 Å². The minimum absolute atomic E-state index is 0.313. The molecule has 0 radical (unpaired) electrons. The number of esters is 1. The number of aromatic nitrogens is 1. The van der Waals surface area contributed by atoms with Gasteiger partial charge in [0, 0.05) is 11.8 Å². The largest absolute Gasteiger partial charge is 0.496 e.